The summed E-state index contributed by atoms with van der Waals surface area (Å²) < 4.78 is 10.1. The Morgan fingerprint density at radius 3 is 2.31 bits per heavy atom. The van der Waals surface area contributed by atoms with E-state index in [1.165, 1.54) is 4.68 Å². The monoisotopic (exact) mass is 348 g/mol. The number of hydrogen-bond donors (Lipinski definition) is 1. The summed E-state index contributed by atoms with van der Waals surface area (Å²) in [6.07, 6.45) is 0. The van der Waals surface area contributed by atoms with Crippen LogP contribution in [0.2, 0.25) is 0 Å². The van der Waals surface area contributed by atoms with Gasteiger partial charge in [0.2, 0.25) is 5.27 Å². The van der Waals surface area contributed by atoms with Crippen molar-refractivity contribution in [3.05, 3.63) is 76.7 Å². The summed E-state index contributed by atoms with van der Waals surface area (Å²) in [5.74, 6) is 0.158. The van der Waals surface area contributed by atoms with Gasteiger partial charge in [0.15, 0.2) is 0 Å². The SMILES string of the molecule is Cc1c(-[n+]2noc(N)c2-c2ccccc2)c(=O)n(-c2ccccc2)n1C. The van der Waals surface area contributed by atoms with Crippen molar-refractivity contribution in [2.24, 2.45) is 7.05 Å². The van der Waals surface area contributed by atoms with Gasteiger partial charge in [0.25, 0.3) is 0 Å². The van der Waals surface area contributed by atoms with Gasteiger partial charge < -0.3 is 5.73 Å². The van der Waals surface area contributed by atoms with Crippen molar-refractivity contribution in [2.45, 2.75) is 6.92 Å². The van der Waals surface area contributed by atoms with Gasteiger partial charge >= 0.3 is 22.8 Å². The Labute approximate surface area is 149 Å². The van der Waals surface area contributed by atoms with Crippen LogP contribution in [0.25, 0.3) is 22.6 Å². The maximum atomic E-state index is 13.2. The Kier molecular flexibility index (Phi) is 3.69. The molecule has 0 fully saturated rings. The molecule has 2 aromatic heterocycles. The van der Waals surface area contributed by atoms with Crippen LogP contribution in [0.5, 0.6) is 0 Å². The Hall–Kier alpha value is -3.61. The highest BCUT2D eigenvalue weighted by molar-refractivity contribution is 5.65. The van der Waals surface area contributed by atoms with Crippen molar-refractivity contribution < 1.29 is 9.20 Å². The second-order valence-electron chi connectivity index (χ2n) is 5.97. The maximum absolute atomic E-state index is 13.2. The molecule has 0 spiro atoms. The number of hydrogen-bond acceptors (Lipinski definition) is 4. The van der Waals surface area contributed by atoms with E-state index in [1.54, 1.807) is 9.36 Å². The predicted molar refractivity (Wildman–Crippen MR) is 97.2 cm³/mol. The molecule has 2 heterocycles. The molecule has 4 rings (SSSR count). The van der Waals surface area contributed by atoms with Gasteiger partial charge in [-0.1, -0.05) is 36.4 Å². The minimum Gasteiger partial charge on any atom is -0.362 e. The van der Waals surface area contributed by atoms with Crippen molar-refractivity contribution >= 4 is 5.88 Å². The largest absolute Gasteiger partial charge is 0.362 e. The number of nitrogen functional groups attached to an aromatic ring is 1. The molecule has 26 heavy (non-hydrogen) atoms. The van der Waals surface area contributed by atoms with Gasteiger partial charge in [0, 0.05) is 11.7 Å². The van der Waals surface area contributed by atoms with Crippen molar-refractivity contribution in [1.82, 2.24) is 14.6 Å². The molecule has 0 aliphatic carbocycles. The van der Waals surface area contributed by atoms with Crippen molar-refractivity contribution in [2.75, 3.05) is 5.73 Å². The predicted octanol–water partition coefficient (Wildman–Crippen LogP) is 2.00. The summed E-state index contributed by atoms with van der Waals surface area (Å²) >= 11 is 0. The lowest BCUT2D eigenvalue weighted by Crippen LogP contribution is -2.40. The van der Waals surface area contributed by atoms with E-state index in [4.69, 9.17) is 10.3 Å². The van der Waals surface area contributed by atoms with E-state index in [2.05, 4.69) is 5.27 Å². The highest BCUT2D eigenvalue weighted by atomic mass is 16.5. The lowest BCUT2D eigenvalue weighted by molar-refractivity contribution is -0.661. The quantitative estimate of drug-likeness (QED) is 0.574. The Balaban J connectivity index is 1.99. The van der Waals surface area contributed by atoms with Crippen molar-refractivity contribution in [3.63, 3.8) is 0 Å². The first-order valence-electron chi connectivity index (χ1n) is 8.17. The molecule has 130 valence electrons. The van der Waals surface area contributed by atoms with Gasteiger partial charge in [-0.25, -0.2) is 4.68 Å². The Morgan fingerprint density at radius 1 is 1.04 bits per heavy atom. The van der Waals surface area contributed by atoms with Gasteiger partial charge in [0.05, 0.1) is 11.3 Å². The minimum absolute atomic E-state index is 0.158. The lowest BCUT2D eigenvalue weighted by atomic mass is 10.1. The number of rotatable bonds is 3. The average molecular weight is 348 g/mol. The van der Waals surface area contributed by atoms with E-state index in [-0.39, 0.29) is 11.4 Å². The van der Waals surface area contributed by atoms with Crippen molar-refractivity contribution in [3.8, 4) is 22.6 Å². The first-order valence-corrected chi connectivity index (χ1v) is 8.17. The molecule has 0 atom stereocenters. The fourth-order valence-corrected chi connectivity index (χ4v) is 3.08. The van der Waals surface area contributed by atoms with Crippen LogP contribution in [0.1, 0.15) is 5.69 Å². The molecule has 0 aliphatic heterocycles. The molecule has 0 aliphatic rings. The van der Waals surface area contributed by atoms with E-state index in [1.807, 2.05) is 74.6 Å². The van der Waals surface area contributed by atoms with E-state index in [9.17, 15) is 4.79 Å². The van der Waals surface area contributed by atoms with Crippen LogP contribution in [0.4, 0.5) is 5.88 Å². The smallest absolute Gasteiger partial charge is 0.346 e. The Bertz CT molecular complexity index is 1120. The zero-order valence-electron chi connectivity index (χ0n) is 14.5. The first kappa shape index (κ1) is 15.9. The zero-order valence-corrected chi connectivity index (χ0v) is 14.5. The molecule has 0 bridgehead atoms. The summed E-state index contributed by atoms with van der Waals surface area (Å²) in [5, 5.41) is 4.02. The molecule has 4 aromatic rings. The molecular formula is C19H18N5O2+. The number of aromatic nitrogens is 4. The average Bonchev–Trinajstić information content (AvgIpc) is 3.14. The number of anilines is 1. The highest BCUT2D eigenvalue weighted by Crippen LogP contribution is 2.23. The molecule has 0 radical (unpaired) electrons. The van der Waals surface area contributed by atoms with Gasteiger partial charge in [-0.3, -0.25) is 14.0 Å². The minimum atomic E-state index is -0.202. The molecule has 0 amide bonds. The standard InChI is InChI=1S/C19H18N5O2/c1-13-16(19(25)24(22(13)2)15-11-7-4-8-12-15)23-17(18(20)26-21-23)14-9-5-3-6-10-14/h3-12H,20H2,1-2H3/q+1. The van der Waals surface area contributed by atoms with Gasteiger partial charge in [0.1, 0.15) is 5.69 Å². The van der Waals surface area contributed by atoms with Gasteiger partial charge in [-0.15, -0.1) is 0 Å². The van der Waals surface area contributed by atoms with Gasteiger partial charge in [-0.2, -0.15) is 0 Å². The summed E-state index contributed by atoms with van der Waals surface area (Å²) in [6, 6.07) is 18.9. The van der Waals surface area contributed by atoms with Crippen LogP contribution in [-0.4, -0.2) is 14.6 Å². The summed E-state index contributed by atoms with van der Waals surface area (Å²) in [4.78, 5) is 13.2. The van der Waals surface area contributed by atoms with E-state index < -0.39 is 0 Å². The molecule has 7 nitrogen and oxygen atoms in total. The van der Waals surface area contributed by atoms with Crippen LogP contribution < -0.4 is 16.0 Å². The van der Waals surface area contributed by atoms with Crippen LogP contribution in [0, 0.1) is 6.92 Å². The number of para-hydroxylation sites is 1. The fourth-order valence-electron chi connectivity index (χ4n) is 3.08. The summed E-state index contributed by atoms with van der Waals surface area (Å²) in [7, 11) is 1.83. The third kappa shape index (κ3) is 2.33. The molecule has 0 saturated heterocycles. The van der Waals surface area contributed by atoms with Crippen LogP contribution in [0.3, 0.4) is 0 Å². The van der Waals surface area contributed by atoms with Crippen LogP contribution in [-0.2, 0) is 7.05 Å². The number of nitrogens with zero attached hydrogens (tertiary/aromatic N) is 4. The van der Waals surface area contributed by atoms with Gasteiger partial charge in [-0.05, 0) is 31.2 Å². The number of benzene rings is 2. The third-order valence-electron chi connectivity index (χ3n) is 4.45. The van der Waals surface area contributed by atoms with E-state index >= 15 is 0 Å². The Morgan fingerprint density at radius 2 is 1.65 bits per heavy atom. The van der Waals surface area contributed by atoms with Crippen molar-refractivity contribution in [1.29, 1.82) is 0 Å². The normalized spacial score (nSPS) is 11.0. The third-order valence-corrected chi connectivity index (χ3v) is 4.45. The molecule has 0 saturated carbocycles. The second-order valence-corrected chi connectivity index (χ2v) is 5.97. The van der Waals surface area contributed by atoms with E-state index in [0.717, 1.165) is 16.9 Å². The van der Waals surface area contributed by atoms with Crippen LogP contribution >= 0.6 is 0 Å². The molecular weight excluding hydrogens is 330 g/mol. The highest BCUT2D eigenvalue weighted by Gasteiger charge is 2.34. The first-order chi connectivity index (χ1) is 12.6. The second kappa shape index (κ2) is 6.03. The topological polar surface area (TPSA) is 82.9 Å². The molecule has 0 unspecified atom stereocenters. The lowest BCUT2D eigenvalue weighted by Gasteiger charge is -2.06. The zero-order chi connectivity index (χ0) is 18.3. The van der Waals surface area contributed by atoms with E-state index in [0.29, 0.717) is 11.4 Å². The number of nitrogens with two attached hydrogens (primary N) is 1. The molecule has 2 aromatic carbocycles. The molecule has 7 heteroatoms. The maximum Gasteiger partial charge on any atom is 0.346 e. The summed E-state index contributed by atoms with van der Waals surface area (Å²) in [5.41, 5.74) is 9.09. The molecule has 2 N–H and O–H groups in total. The fraction of sp³-hybridized carbons (Fsp3) is 0.105. The summed E-state index contributed by atoms with van der Waals surface area (Å²) in [6.45, 7) is 1.86. The van der Waals surface area contributed by atoms with Crippen LogP contribution in [0.15, 0.2) is 70.0 Å².